The molecule has 4 unspecified atom stereocenters. The van der Waals surface area contributed by atoms with Crippen molar-refractivity contribution in [3.8, 4) is 0 Å². The molecule has 4 atom stereocenters. The Kier molecular flexibility index (Phi) is 7.67. The molecule has 0 radical (unpaired) electrons. The van der Waals surface area contributed by atoms with Crippen LogP contribution >= 0.6 is 0 Å². The first kappa shape index (κ1) is 25.5. The van der Waals surface area contributed by atoms with Gasteiger partial charge in [-0.05, 0) is 68.2 Å². The number of rotatable bonds is 9. The summed E-state index contributed by atoms with van der Waals surface area (Å²) < 4.78 is 0. The molecule has 35 heavy (non-hydrogen) atoms. The van der Waals surface area contributed by atoms with Gasteiger partial charge >= 0.3 is 0 Å². The second-order valence-corrected chi connectivity index (χ2v) is 11.1. The molecule has 1 amide bonds. The van der Waals surface area contributed by atoms with Gasteiger partial charge in [-0.15, -0.1) is 0 Å². The van der Waals surface area contributed by atoms with Gasteiger partial charge in [-0.2, -0.15) is 0 Å². The van der Waals surface area contributed by atoms with Crippen LogP contribution in [0, 0.1) is 30.6 Å². The van der Waals surface area contributed by atoms with E-state index in [2.05, 4.69) is 77.9 Å². The van der Waals surface area contributed by atoms with Gasteiger partial charge in [0.1, 0.15) is 0 Å². The van der Waals surface area contributed by atoms with Crippen molar-refractivity contribution in [2.24, 2.45) is 23.7 Å². The number of benzene rings is 1. The predicted molar refractivity (Wildman–Crippen MR) is 145 cm³/mol. The predicted octanol–water partition coefficient (Wildman–Crippen LogP) is 6.23. The van der Waals surface area contributed by atoms with Gasteiger partial charge in [-0.25, -0.2) is 9.97 Å². The molecular formula is C29H43N5O. The molecule has 2 aromatic rings. The van der Waals surface area contributed by atoms with Gasteiger partial charge in [-0.3, -0.25) is 4.79 Å². The molecule has 1 N–H and O–H groups in total. The van der Waals surface area contributed by atoms with Gasteiger partial charge in [0, 0.05) is 60.8 Å². The van der Waals surface area contributed by atoms with Crippen LogP contribution in [0.2, 0.25) is 0 Å². The smallest absolute Gasteiger partial charge is 0.224 e. The molecule has 1 aliphatic heterocycles. The van der Waals surface area contributed by atoms with Crippen molar-refractivity contribution in [3.63, 3.8) is 0 Å². The van der Waals surface area contributed by atoms with Crippen LogP contribution in [-0.4, -0.2) is 35.0 Å². The highest BCUT2D eigenvalue weighted by Gasteiger charge is 2.47. The molecule has 1 fully saturated rings. The van der Waals surface area contributed by atoms with Crippen molar-refractivity contribution in [2.45, 2.75) is 79.8 Å². The second kappa shape index (κ2) is 10.5. The number of nitrogens with zero attached hydrogens (tertiary/aromatic N) is 4. The second-order valence-electron chi connectivity index (χ2n) is 11.1. The Labute approximate surface area is 211 Å². The van der Waals surface area contributed by atoms with Crippen molar-refractivity contribution in [1.82, 2.24) is 9.97 Å². The molecule has 1 aromatic heterocycles. The fourth-order valence-electron chi connectivity index (χ4n) is 5.56. The maximum absolute atomic E-state index is 13.0. The first-order valence-corrected chi connectivity index (χ1v) is 13.5. The van der Waals surface area contributed by atoms with Crippen LogP contribution in [0.4, 0.5) is 17.3 Å². The zero-order valence-electron chi connectivity index (χ0n) is 22.6. The van der Waals surface area contributed by atoms with Crippen LogP contribution in [0.1, 0.15) is 78.1 Å². The Balaban J connectivity index is 1.78. The lowest BCUT2D eigenvalue weighted by molar-refractivity contribution is -0.117. The Bertz CT molecular complexity index is 1030. The Hall–Kier alpha value is -2.63. The maximum atomic E-state index is 13.0. The minimum Gasteiger partial charge on any atom is -0.371 e. The van der Waals surface area contributed by atoms with E-state index in [4.69, 9.17) is 0 Å². The van der Waals surface area contributed by atoms with Crippen molar-refractivity contribution in [3.05, 3.63) is 41.7 Å². The van der Waals surface area contributed by atoms with E-state index in [1.807, 2.05) is 19.2 Å². The number of anilines is 3. The first-order chi connectivity index (χ1) is 16.7. The van der Waals surface area contributed by atoms with E-state index in [1.54, 1.807) is 6.92 Å². The number of hydrogen-bond acceptors (Lipinski definition) is 5. The standard InChI is InChI=1S/C29H43N5O/c1-8-15-33(17-19(4)18(2)3)24-11-12-26-25(16-24)27(32-29-30-14-13-20(5)31-29)21(6)28(23-9-10-23)34(26)22(7)35/h11-14,16,18-19,21,23,27-28H,8-10,15,17H2,1-7H3,(H,30,31,32). The van der Waals surface area contributed by atoms with Crippen molar-refractivity contribution >= 4 is 23.2 Å². The Morgan fingerprint density at radius 1 is 1.23 bits per heavy atom. The molecule has 1 aliphatic carbocycles. The van der Waals surface area contributed by atoms with Gasteiger partial charge in [0.05, 0.1) is 6.04 Å². The lowest BCUT2D eigenvalue weighted by atomic mass is 9.79. The Morgan fingerprint density at radius 2 is 1.97 bits per heavy atom. The topological polar surface area (TPSA) is 61.4 Å². The summed E-state index contributed by atoms with van der Waals surface area (Å²) in [6, 6.07) is 8.88. The molecule has 2 aliphatic rings. The van der Waals surface area contributed by atoms with E-state index in [0.29, 0.717) is 23.7 Å². The van der Waals surface area contributed by atoms with Crippen LogP contribution in [0.25, 0.3) is 0 Å². The third kappa shape index (κ3) is 5.46. The number of hydrogen-bond donors (Lipinski definition) is 1. The summed E-state index contributed by atoms with van der Waals surface area (Å²) in [7, 11) is 0. The fourth-order valence-corrected chi connectivity index (χ4v) is 5.56. The van der Waals surface area contributed by atoms with Crippen molar-refractivity contribution in [2.75, 3.05) is 28.2 Å². The maximum Gasteiger partial charge on any atom is 0.224 e. The highest BCUT2D eigenvalue weighted by Crippen LogP contribution is 2.50. The number of carbonyl (C=O) groups excluding carboxylic acids is 1. The number of aromatic nitrogens is 2. The van der Waals surface area contributed by atoms with Crippen LogP contribution in [0.5, 0.6) is 0 Å². The highest BCUT2D eigenvalue weighted by molar-refractivity contribution is 5.94. The molecular weight excluding hydrogens is 434 g/mol. The van der Waals surface area contributed by atoms with E-state index >= 15 is 0 Å². The van der Waals surface area contributed by atoms with Gasteiger partial charge < -0.3 is 15.1 Å². The summed E-state index contributed by atoms with van der Waals surface area (Å²) >= 11 is 0. The summed E-state index contributed by atoms with van der Waals surface area (Å²) in [5.74, 6) is 2.82. The molecule has 1 aromatic carbocycles. The number of fused-ring (bicyclic) bond motifs is 1. The summed E-state index contributed by atoms with van der Waals surface area (Å²) in [6.07, 6.45) is 5.29. The average molecular weight is 478 g/mol. The zero-order valence-corrected chi connectivity index (χ0v) is 22.6. The zero-order chi connectivity index (χ0) is 25.3. The summed E-state index contributed by atoms with van der Waals surface area (Å²) in [4.78, 5) is 26.7. The lowest BCUT2D eigenvalue weighted by Crippen LogP contribution is -2.51. The van der Waals surface area contributed by atoms with Crippen LogP contribution in [0.3, 0.4) is 0 Å². The van der Waals surface area contributed by atoms with Gasteiger partial charge in [0.25, 0.3) is 0 Å². The third-order valence-corrected chi connectivity index (χ3v) is 8.00. The molecule has 0 spiro atoms. The van der Waals surface area contributed by atoms with E-state index in [9.17, 15) is 4.79 Å². The van der Waals surface area contributed by atoms with Crippen molar-refractivity contribution in [1.29, 1.82) is 0 Å². The fraction of sp³-hybridized carbons (Fsp3) is 0.621. The molecule has 6 heteroatoms. The number of nitrogens with one attached hydrogen (secondary N) is 1. The quantitative estimate of drug-likeness (QED) is 0.464. The number of carbonyl (C=O) groups is 1. The normalized spacial score (nSPS) is 22.6. The summed E-state index contributed by atoms with van der Waals surface area (Å²) in [5.41, 5.74) is 4.39. The monoisotopic (exact) mass is 477 g/mol. The van der Waals surface area contributed by atoms with E-state index in [-0.39, 0.29) is 23.9 Å². The van der Waals surface area contributed by atoms with Crippen LogP contribution in [0.15, 0.2) is 30.5 Å². The molecule has 6 nitrogen and oxygen atoms in total. The molecule has 2 heterocycles. The molecule has 0 saturated heterocycles. The van der Waals surface area contributed by atoms with E-state index in [1.165, 1.54) is 24.1 Å². The van der Waals surface area contributed by atoms with E-state index in [0.717, 1.165) is 30.9 Å². The minimum atomic E-state index is 0.0407. The highest BCUT2D eigenvalue weighted by atomic mass is 16.2. The third-order valence-electron chi connectivity index (χ3n) is 8.00. The summed E-state index contributed by atoms with van der Waals surface area (Å²) in [5, 5.41) is 3.68. The SMILES string of the molecule is CCCN(CC(C)C(C)C)c1ccc2c(c1)C(Nc1nccc(C)n1)C(C)C(C1CC1)N2C(C)=O. The van der Waals surface area contributed by atoms with Gasteiger partial charge in [0.2, 0.25) is 11.9 Å². The molecule has 0 bridgehead atoms. The lowest BCUT2D eigenvalue weighted by Gasteiger charge is -2.46. The van der Waals surface area contributed by atoms with Gasteiger partial charge in [0.15, 0.2) is 0 Å². The first-order valence-electron chi connectivity index (χ1n) is 13.5. The van der Waals surface area contributed by atoms with Crippen LogP contribution in [-0.2, 0) is 4.79 Å². The Morgan fingerprint density at radius 3 is 2.57 bits per heavy atom. The van der Waals surface area contributed by atoms with E-state index < -0.39 is 0 Å². The van der Waals surface area contributed by atoms with Gasteiger partial charge in [-0.1, -0.05) is 34.6 Å². The number of aryl methyl sites for hydroxylation is 1. The molecule has 1 saturated carbocycles. The molecule has 4 rings (SSSR count). The minimum absolute atomic E-state index is 0.0407. The van der Waals surface area contributed by atoms with Crippen LogP contribution < -0.4 is 15.1 Å². The molecule has 190 valence electrons. The number of amides is 1. The van der Waals surface area contributed by atoms with Crippen molar-refractivity contribution < 1.29 is 4.79 Å². The largest absolute Gasteiger partial charge is 0.371 e. The average Bonchev–Trinajstić information content (AvgIpc) is 3.64. The summed E-state index contributed by atoms with van der Waals surface area (Å²) in [6.45, 7) is 17.2.